The molecule has 0 unspecified atom stereocenters. The van der Waals surface area contributed by atoms with Crippen molar-refractivity contribution in [1.82, 2.24) is 19.0 Å². The van der Waals surface area contributed by atoms with Gasteiger partial charge in [-0.05, 0) is 43.7 Å². The first-order chi connectivity index (χ1) is 24.6. The van der Waals surface area contributed by atoms with Gasteiger partial charge < -0.3 is 28.8 Å². The lowest BCUT2D eigenvalue weighted by Gasteiger charge is -2.19. The number of ether oxygens (including phenoxy) is 3. The number of nitrogens with zero attached hydrogens (tertiary/aromatic N) is 5. The maximum atomic E-state index is 14.3. The van der Waals surface area contributed by atoms with Crippen molar-refractivity contribution >= 4 is 35.3 Å². The van der Waals surface area contributed by atoms with Crippen LogP contribution in [0.4, 0.5) is 5.95 Å². The number of esters is 2. The van der Waals surface area contributed by atoms with Crippen LogP contribution in [0.3, 0.4) is 0 Å². The number of aliphatic hydroxyl groups is 1. The number of carbonyl (C=O) groups excluding carboxylic acids is 2. The Hall–Kier alpha value is -5.59. The van der Waals surface area contributed by atoms with Gasteiger partial charge in [0.1, 0.15) is 29.8 Å². The van der Waals surface area contributed by atoms with E-state index in [1.165, 1.54) is 4.57 Å². The number of aryl methyl sites for hydroxylation is 2. The molecular formula is C39H41N5O7. The summed E-state index contributed by atoms with van der Waals surface area (Å²) in [5.74, 6) is -0.879. The molecule has 6 rings (SSSR count). The summed E-state index contributed by atoms with van der Waals surface area (Å²) in [6, 6.07) is 23.6. The summed E-state index contributed by atoms with van der Waals surface area (Å²) in [7, 11) is 3.64. The lowest BCUT2D eigenvalue weighted by molar-refractivity contribution is -0.0425. The van der Waals surface area contributed by atoms with Crippen molar-refractivity contribution in [3.05, 3.63) is 129 Å². The molecule has 0 aliphatic carbocycles. The molecule has 0 amide bonds. The number of carbonyl (C=O) groups is 2. The quantitative estimate of drug-likeness (QED) is 0.109. The van der Waals surface area contributed by atoms with Crippen molar-refractivity contribution in [2.75, 3.05) is 27.3 Å². The number of rotatable bonds is 12. The van der Waals surface area contributed by atoms with E-state index in [4.69, 9.17) is 19.2 Å². The highest BCUT2D eigenvalue weighted by Gasteiger charge is 2.41. The van der Waals surface area contributed by atoms with Gasteiger partial charge in [0, 0.05) is 38.8 Å². The number of fused-ring (bicyclic) bond motifs is 1. The van der Waals surface area contributed by atoms with Crippen molar-refractivity contribution in [2.24, 2.45) is 4.99 Å². The Morgan fingerprint density at radius 1 is 0.980 bits per heavy atom. The number of hydrogen-bond donors (Lipinski definition) is 1. The summed E-state index contributed by atoms with van der Waals surface area (Å²) in [6.45, 7) is 3.82. The SMILES string of the molecule is Cc1ccc(C(=O)OC[C@@H]2O[C@@H](c3cn(CCO)c4c(=O)n(Cc5ccccc5)c(/N=C\N(C)C)nc34)C[C@@H]2OC(=O)c2ccc(C)cc2)cc1. The number of aromatic nitrogens is 3. The van der Waals surface area contributed by atoms with Crippen LogP contribution in [0.25, 0.3) is 11.0 Å². The summed E-state index contributed by atoms with van der Waals surface area (Å²) in [6.07, 6.45) is 1.20. The van der Waals surface area contributed by atoms with E-state index in [9.17, 15) is 19.5 Å². The van der Waals surface area contributed by atoms with Crippen molar-refractivity contribution in [3.8, 4) is 0 Å². The molecular weight excluding hydrogens is 650 g/mol. The minimum atomic E-state index is -0.820. The zero-order chi connectivity index (χ0) is 36.1. The van der Waals surface area contributed by atoms with Gasteiger partial charge in [0.05, 0.1) is 36.7 Å². The first-order valence-electron chi connectivity index (χ1n) is 16.8. The first kappa shape index (κ1) is 35.2. The van der Waals surface area contributed by atoms with Gasteiger partial charge in [-0.1, -0.05) is 65.7 Å². The second kappa shape index (κ2) is 15.5. The van der Waals surface area contributed by atoms with E-state index >= 15 is 0 Å². The van der Waals surface area contributed by atoms with Crippen LogP contribution in [0.1, 0.15) is 55.5 Å². The average molecular weight is 692 g/mol. The fourth-order valence-corrected chi connectivity index (χ4v) is 5.99. The third kappa shape index (κ3) is 8.08. The predicted molar refractivity (Wildman–Crippen MR) is 193 cm³/mol. The van der Waals surface area contributed by atoms with Crippen molar-refractivity contribution in [3.63, 3.8) is 0 Å². The topological polar surface area (TPSA) is 137 Å². The predicted octanol–water partition coefficient (Wildman–Crippen LogP) is 4.99. The first-order valence-corrected chi connectivity index (χ1v) is 16.8. The van der Waals surface area contributed by atoms with Crippen LogP contribution in [-0.4, -0.2) is 81.9 Å². The zero-order valence-electron chi connectivity index (χ0n) is 29.1. The Kier molecular flexibility index (Phi) is 10.7. The maximum Gasteiger partial charge on any atom is 0.338 e. The van der Waals surface area contributed by atoms with E-state index in [-0.39, 0.29) is 49.7 Å². The number of hydrogen-bond acceptors (Lipinski definition) is 9. The van der Waals surface area contributed by atoms with Crippen LogP contribution in [0.2, 0.25) is 0 Å². The molecule has 1 aliphatic heterocycles. The molecule has 3 atom stereocenters. The lowest BCUT2D eigenvalue weighted by atomic mass is 10.1. The Morgan fingerprint density at radius 2 is 1.63 bits per heavy atom. The van der Waals surface area contributed by atoms with Crippen molar-refractivity contribution in [1.29, 1.82) is 0 Å². The van der Waals surface area contributed by atoms with Gasteiger partial charge in [-0.25, -0.2) is 19.6 Å². The van der Waals surface area contributed by atoms with Crippen LogP contribution in [0.5, 0.6) is 0 Å². The van der Waals surface area contributed by atoms with Crippen LogP contribution in [0, 0.1) is 13.8 Å². The highest BCUT2D eigenvalue weighted by atomic mass is 16.6. The van der Waals surface area contributed by atoms with Gasteiger partial charge in [-0.3, -0.25) is 9.36 Å². The lowest BCUT2D eigenvalue weighted by Crippen LogP contribution is -2.32. The molecule has 1 aliphatic rings. The maximum absolute atomic E-state index is 14.3. The average Bonchev–Trinajstić information content (AvgIpc) is 3.69. The van der Waals surface area contributed by atoms with E-state index in [0.717, 1.165) is 16.7 Å². The van der Waals surface area contributed by atoms with E-state index < -0.39 is 30.3 Å². The molecule has 2 aromatic heterocycles. The van der Waals surface area contributed by atoms with Crippen LogP contribution >= 0.6 is 0 Å². The second-order valence-electron chi connectivity index (χ2n) is 12.9. The largest absolute Gasteiger partial charge is 0.459 e. The fourth-order valence-electron chi connectivity index (χ4n) is 5.99. The molecule has 12 heteroatoms. The minimum absolute atomic E-state index is 0.134. The van der Waals surface area contributed by atoms with Gasteiger partial charge in [-0.15, -0.1) is 0 Å². The van der Waals surface area contributed by atoms with Crippen LogP contribution in [-0.2, 0) is 27.3 Å². The molecule has 1 fully saturated rings. The molecule has 0 bridgehead atoms. The van der Waals surface area contributed by atoms with E-state index in [2.05, 4.69) is 4.99 Å². The highest BCUT2D eigenvalue weighted by Crippen LogP contribution is 2.39. The van der Waals surface area contributed by atoms with Gasteiger partial charge in [0.25, 0.3) is 5.56 Å². The Bertz CT molecular complexity index is 2090. The Morgan fingerprint density at radius 3 is 2.25 bits per heavy atom. The molecule has 0 spiro atoms. The van der Waals surface area contributed by atoms with E-state index in [0.29, 0.717) is 22.2 Å². The van der Waals surface area contributed by atoms with Crippen LogP contribution in [0.15, 0.2) is 94.8 Å². The monoisotopic (exact) mass is 691 g/mol. The number of benzene rings is 3. The standard InChI is InChI=1S/C39H41N5O7/c1-25-10-14-28(15-11-25)37(47)49-23-33-32(51-38(48)29-16-12-26(2)13-17-29)20-31(50-33)30-22-43(18-19-45)35-34(30)41-39(40-24-42(3)4)44(36(35)46)21-27-8-6-5-7-9-27/h5-17,22,24,31-33,45H,18-21,23H2,1-4H3/b40-24-/t31-,32+,33+/m1/s1. The molecule has 51 heavy (non-hydrogen) atoms. The Labute approximate surface area is 295 Å². The van der Waals surface area contributed by atoms with Crippen LogP contribution < -0.4 is 5.56 Å². The second-order valence-corrected chi connectivity index (χ2v) is 12.9. The van der Waals surface area contributed by atoms with Crippen molar-refractivity contribution in [2.45, 2.75) is 51.7 Å². The van der Waals surface area contributed by atoms with Gasteiger partial charge in [0.15, 0.2) is 0 Å². The van der Waals surface area contributed by atoms with Gasteiger partial charge >= 0.3 is 11.9 Å². The summed E-state index contributed by atoms with van der Waals surface area (Å²) in [5.41, 5.74) is 4.53. The molecule has 3 heterocycles. The summed E-state index contributed by atoms with van der Waals surface area (Å²) in [4.78, 5) is 51.8. The molecule has 1 N–H and O–H groups in total. The summed E-state index contributed by atoms with van der Waals surface area (Å²) in [5, 5.41) is 9.97. The van der Waals surface area contributed by atoms with E-state index in [1.807, 2.05) is 82.5 Å². The molecule has 0 radical (unpaired) electrons. The number of aliphatic hydroxyl groups excluding tert-OH is 1. The van der Waals surface area contributed by atoms with Gasteiger partial charge in [-0.2, -0.15) is 0 Å². The fraction of sp³-hybridized carbons (Fsp3) is 0.308. The normalized spacial score (nSPS) is 17.2. The molecule has 5 aromatic rings. The molecule has 12 nitrogen and oxygen atoms in total. The summed E-state index contributed by atoms with van der Waals surface area (Å²) < 4.78 is 21.4. The zero-order valence-corrected chi connectivity index (χ0v) is 29.1. The third-order valence-corrected chi connectivity index (χ3v) is 8.67. The molecule has 264 valence electrons. The smallest absolute Gasteiger partial charge is 0.338 e. The van der Waals surface area contributed by atoms with E-state index in [1.54, 1.807) is 46.3 Å². The molecule has 0 saturated carbocycles. The number of aliphatic imine (C=N–C) groups is 1. The minimum Gasteiger partial charge on any atom is -0.459 e. The van der Waals surface area contributed by atoms with Gasteiger partial charge in [0.2, 0.25) is 5.95 Å². The van der Waals surface area contributed by atoms with Crippen molar-refractivity contribution < 1.29 is 28.9 Å². The third-order valence-electron chi connectivity index (χ3n) is 8.67. The highest BCUT2D eigenvalue weighted by molar-refractivity contribution is 5.90. The molecule has 1 saturated heterocycles. The Balaban J connectivity index is 1.37. The molecule has 3 aromatic carbocycles. The summed E-state index contributed by atoms with van der Waals surface area (Å²) >= 11 is 0.